The molecule has 0 spiro atoms. The van der Waals surface area contributed by atoms with Crippen molar-refractivity contribution in [3.8, 4) is 0 Å². The highest BCUT2D eigenvalue weighted by atomic mass is 35.5. The maximum atomic E-state index is 9.50. The van der Waals surface area contributed by atoms with Crippen LogP contribution in [0.1, 0.15) is 40.2 Å². The van der Waals surface area contributed by atoms with E-state index < -0.39 is 0 Å². The van der Waals surface area contributed by atoms with Crippen molar-refractivity contribution in [2.75, 3.05) is 58.3 Å². The summed E-state index contributed by atoms with van der Waals surface area (Å²) >= 11 is 5.83. The molecule has 6 heteroatoms. The maximum absolute atomic E-state index is 9.50. The number of nitrogens with one attached hydrogen (secondary N) is 1. The van der Waals surface area contributed by atoms with Crippen molar-refractivity contribution in [3.63, 3.8) is 0 Å². The first-order chi connectivity index (χ1) is 16.6. The van der Waals surface area contributed by atoms with Crippen molar-refractivity contribution in [2.24, 2.45) is 0 Å². The van der Waals surface area contributed by atoms with Gasteiger partial charge in [-0.2, -0.15) is 0 Å². The lowest BCUT2D eigenvalue weighted by Gasteiger charge is -2.34. The zero-order chi connectivity index (χ0) is 25.6. The van der Waals surface area contributed by atoms with E-state index in [2.05, 4.69) is 57.4 Å². The van der Waals surface area contributed by atoms with Crippen LogP contribution in [0.2, 0.25) is 0 Å². The van der Waals surface area contributed by atoms with Gasteiger partial charge in [-0.05, 0) is 50.1 Å². The molecule has 0 aliphatic carbocycles. The van der Waals surface area contributed by atoms with E-state index in [9.17, 15) is 4.39 Å². The zero-order valence-corrected chi connectivity index (χ0v) is 22.7. The van der Waals surface area contributed by atoms with Crippen LogP contribution in [0.4, 0.5) is 10.2 Å². The van der Waals surface area contributed by atoms with Gasteiger partial charge in [-0.15, -0.1) is 0 Å². The highest BCUT2D eigenvalue weighted by Gasteiger charge is 2.15. The van der Waals surface area contributed by atoms with Crippen molar-refractivity contribution in [1.82, 2.24) is 14.8 Å². The molecular weight excluding hydrogens is 447 g/mol. The maximum Gasteiger partial charge on any atom is 0.125 e. The fourth-order valence-electron chi connectivity index (χ4n) is 3.15. The molecule has 34 heavy (non-hydrogen) atoms. The first-order valence-corrected chi connectivity index (χ1v) is 12.4. The number of allylic oxidation sites excluding steroid dienone is 9. The topological polar surface area (TPSA) is 31.4 Å². The standard InChI is InChI=1S/C25H35ClN4.C2H6.CH3F/c1-4-5-6-7-10-22(2)24-12-13-25(28-21-24)27-14-16-30-19-17-29(18-20-30)15-9-8-11-23(3)26;2*1-2/h4-13,21H,14-20H2,1-3H3,(H,27,28);1-2H3;1H3/b5-4-,7-6-,9-8-,22-10+,23-11+;;. The van der Waals surface area contributed by atoms with Crippen LogP contribution in [0, 0.1) is 0 Å². The van der Waals surface area contributed by atoms with Gasteiger partial charge in [-0.25, -0.2) is 4.98 Å². The number of anilines is 1. The first kappa shape index (κ1) is 31.8. The van der Waals surface area contributed by atoms with Crippen molar-refractivity contribution in [3.05, 3.63) is 77.5 Å². The summed E-state index contributed by atoms with van der Waals surface area (Å²) < 4.78 is 9.50. The minimum Gasteiger partial charge on any atom is -0.369 e. The highest BCUT2D eigenvalue weighted by Crippen LogP contribution is 2.14. The van der Waals surface area contributed by atoms with Crippen molar-refractivity contribution < 1.29 is 4.39 Å². The number of piperazine rings is 1. The van der Waals surface area contributed by atoms with Crippen LogP contribution in [0.5, 0.6) is 0 Å². The Morgan fingerprint density at radius 1 is 1.00 bits per heavy atom. The van der Waals surface area contributed by atoms with Gasteiger partial charge in [0.25, 0.3) is 0 Å². The minimum atomic E-state index is 0.500. The molecule has 1 aromatic heterocycles. The molecule has 1 fully saturated rings. The lowest BCUT2D eigenvalue weighted by Crippen LogP contribution is -2.47. The van der Waals surface area contributed by atoms with Crippen molar-refractivity contribution in [2.45, 2.75) is 34.6 Å². The van der Waals surface area contributed by atoms with Crippen LogP contribution in [0.3, 0.4) is 0 Å². The summed E-state index contributed by atoms with van der Waals surface area (Å²) in [6.45, 7) is 17.4. The van der Waals surface area contributed by atoms with Crippen LogP contribution in [0.25, 0.3) is 5.57 Å². The zero-order valence-electron chi connectivity index (χ0n) is 21.9. The molecule has 0 aromatic carbocycles. The van der Waals surface area contributed by atoms with Gasteiger partial charge in [0.2, 0.25) is 0 Å². The molecule has 1 N–H and O–H groups in total. The molecule has 0 atom stereocenters. The molecule has 0 saturated carbocycles. The average Bonchev–Trinajstić information content (AvgIpc) is 2.88. The Morgan fingerprint density at radius 3 is 2.26 bits per heavy atom. The van der Waals surface area contributed by atoms with Gasteiger partial charge < -0.3 is 5.32 Å². The molecule has 0 unspecified atom stereocenters. The second-order valence-electron chi connectivity index (χ2n) is 7.44. The number of alkyl halides is 1. The van der Waals surface area contributed by atoms with Crippen LogP contribution in [-0.4, -0.2) is 67.8 Å². The Hall–Kier alpha value is -2.21. The molecule has 4 nitrogen and oxygen atoms in total. The largest absolute Gasteiger partial charge is 0.369 e. The van der Waals surface area contributed by atoms with Crippen LogP contribution in [0.15, 0.2) is 72.0 Å². The molecule has 2 heterocycles. The third-order valence-electron chi connectivity index (χ3n) is 5.00. The van der Waals surface area contributed by atoms with Gasteiger partial charge >= 0.3 is 0 Å². The summed E-state index contributed by atoms with van der Waals surface area (Å²) in [6.07, 6.45) is 18.3. The molecule has 0 amide bonds. The summed E-state index contributed by atoms with van der Waals surface area (Å²) in [6, 6.07) is 4.18. The summed E-state index contributed by atoms with van der Waals surface area (Å²) in [5.74, 6) is 0.933. The van der Waals surface area contributed by atoms with E-state index in [-0.39, 0.29) is 0 Å². The fraction of sp³-hybridized carbons (Fsp3) is 0.464. The molecule has 1 aliphatic rings. The van der Waals surface area contributed by atoms with Gasteiger partial charge in [-0.3, -0.25) is 14.2 Å². The molecule has 1 aromatic rings. The molecular formula is C28H44ClFN4. The Labute approximate surface area is 212 Å². The third kappa shape index (κ3) is 14.8. The second kappa shape index (κ2) is 21.3. The predicted octanol–water partition coefficient (Wildman–Crippen LogP) is 6.96. The molecule has 1 aliphatic heterocycles. The Bertz CT molecular complexity index is 770. The van der Waals surface area contributed by atoms with E-state index in [4.69, 9.17) is 11.6 Å². The van der Waals surface area contributed by atoms with E-state index in [1.807, 2.05) is 64.3 Å². The van der Waals surface area contributed by atoms with E-state index in [0.717, 1.165) is 62.2 Å². The number of hydrogen-bond donors (Lipinski definition) is 1. The van der Waals surface area contributed by atoms with Crippen molar-refractivity contribution in [1.29, 1.82) is 0 Å². The van der Waals surface area contributed by atoms with E-state index >= 15 is 0 Å². The normalized spacial score (nSPS) is 15.9. The Kier molecular flexibility index (Phi) is 19.9. The minimum absolute atomic E-state index is 0.500. The van der Waals surface area contributed by atoms with Crippen LogP contribution < -0.4 is 5.32 Å². The Balaban J connectivity index is 0.00000258. The van der Waals surface area contributed by atoms with Crippen molar-refractivity contribution >= 4 is 23.0 Å². The number of nitrogens with zero attached hydrogens (tertiary/aromatic N) is 3. The third-order valence-corrected chi connectivity index (χ3v) is 5.13. The number of aromatic nitrogens is 1. The van der Waals surface area contributed by atoms with Crippen LogP contribution >= 0.6 is 11.6 Å². The molecule has 0 radical (unpaired) electrons. The lowest BCUT2D eigenvalue weighted by atomic mass is 10.1. The van der Waals surface area contributed by atoms with Gasteiger partial charge in [0, 0.05) is 57.0 Å². The number of pyridine rings is 1. The molecule has 190 valence electrons. The molecule has 0 bridgehead atoms. The first-order valence-electron chi connectivity index (χ1n) is 12.1. The van der Waals surface area contributed by atoms with E-state index in [0.29, 0.717) is 7.18 Å². The Morgan fingerprint density at radius 2 is 1.68 bits per heavy atom. The van der Waals surface area contributed by atoms with Gasteiger partial charge in [0.05, 0.1) is 7.18 Å². The summed E-state index contributed by atoms with van der Waals surface area (Å²) in [5, 5.41) is 4.26. The monoisotopic (exact) mass is 490 g/mol. The lowest BCUT2D eigenvalue weighted by molar-refractivity contribution is 0.146. The second-order valence-corrected chi connectivity index (χ2v) is 8.04. The summed E-state index contributed by atoms with van der Waals surface area (Å²) in [7, 11) is 0.500. The highest BCUT2D eigenvalue weighted by molar-refractivity contribution is 6.29. The van der Waals surface area contributed by atoms with Gasteiger partial charge in [0.15, 0.2) is 0 Å². The van der Waals surface area contributed by atoms with E-state index in [1.165, 1.54) is 5.57 Å². The number of hydrogen-bond acceptors (Lipinski definition) is 4. The van der Waals surface area contributed by atoms with Crippen LogP contribution in [-0.2, 0) is 0 Å². The quantitative estimate of drug-likeness (QED) is 0.359. The molecule has 1 saturated heterocycles. The van der Waals surface area contributed by atoms with Gasteiger partial charge in [-0.1, -0.05) is 68.0 Å². The number of rotatable bonds is 10. The molecule has 2 rings (SSSR count). The SMILES string of the molecule is CC.CF.C\C=C/C=C\C=C(/C)c1ccc(NCCN2CCN(C/C=C\C=C(/C)Cl)CC2)nc1. The predicted molar refractivity (Wildman–Crippen MR) is 150 cm³/mol. The fourth-order valence-corrected chi connectivity index (χ4v) is 3.22. The summed E-state index contributed by atoms with van der Waals surface area (Å²) in [5.41, 5.74) is 2.35. The average molecular weight is 491 g/mol. The number of halogens is 2. The summed E-state index contributed by atoms with van der Waals surface area (Å²) in [4.78, 5) is 9.54. The van der Waals surface area contributed by atoms with Gasteiger partial charge in [0.1, 0.15) is 5.82 Å². The smallest absolute Gasteiger partial charge is 0.125 e. The van der Waals surface area contributed by atoms with E-state index in [1.54, 1.807) is 0 Å².